The second kappa shape index (κ2) is 5.16. The Kier molecular flexibility index (Phi) is 3.85. The summed E-state index contributed by atoms with van der Waals surface area (Å²) in [6, 6.07) is 0. The number of aliphatic hydroxyl groups excluding tert-OH is 1. The van der Waals surface area contributed by atoms with Crippen LogP contribution in [0.4, 0.5) is 0 Å². The molecule has 0 spiro atoms. The molecule has 5 atom stereocenters. The minimum Gasteiger partial charge on any atom is -0.392 e. The zero-order valence-corrected chi connectivity index (χ0v) is 15.1. The highest BCUT2D eigenvalue weighted by Gasteiger charge is 2.59. The van der Waals surface area contributed by atoms with Crippen LogP contribution in [-0.2, 0) is 4.79 Å². The largest absolute Gasteiger partial charge is 0.392 e. The first-order chi connectivity index (χ1) is 10.5. The molecule has 1 unspecified atom stereocenters. The van der Waals surface area contributed by atoms with Crippen molar-refractivity contribution in [1.29, 1.82) is 0 Å². The van der Waals surface area contributed by atoms with E-state index in [1.54, 1.807) is 0 Å². The van der Waals surface area contributed by atoms with Crippen LogP contribution in [0, 0.1) is 29.1 Å². The van der Waals surface area contributed by atoms with E-state index >= 15 is 0 Å². The van der Waals surface area contributed by atoms with Crippen molar-refractivity contribution >= 4 is 5.78 Å². The van der Waals surface area contributed by atoms with Gasteiger partial charge in [-0.15, -0.1) is 0 Å². The highest BCUT2D eigenvalue weighted by molar-refractivity contribution is 5.88. The SMILES string of the molecule is CC1=C2CC(=O)[C@]3(C)C(O)CC[C@@H](C)[C@H]3C[C@](O)(C[CH]1)C2(C)C. The van der Waals surface area contributed by atoms with Gasteiger partial charge in [-0.05, 0) is 57.8 Å². The van der Waals surface area contributed by atoms with Crippen LogP contribution in [0.15, 0.2) is 11.1 Å². The first-order valence-electron chi connectivity index (χ1n) is 9.01. The zero-order valence-electron chi connectivity index (χ0n) is 15.1. The quantitative estimate of drug-likeness (QED) is 0.719. The zero-order chi connectivity index (χ0) is 17.2. The Bertz CT molecular complexity index is 561. The van der Waals surface area contributed by atoms with Gasteiger partial charge in [-0.3, -0.25) is 4.79 Å². The predicted molar refractivity (Wildman–Crippen MR) is 90.6 cm³/mol. The average Bonchev–Trinajstić information content (AvgIpc) is 2.48. The smallest absolute Gasteiger partial charge is 0.145 e. The van der Waals surface area contributed by atoms with Crippen molar-refractivity contribution in [3.63, 3.8) is 0 Å². The van der Waals surface area contributed by atoms with Gasteiger partial charge in [-0.25, -0.2) is 0 Å². The molecule has 0 aromatic rings. The van der Waals surface area contributed by atoms with Crippen molar-refractivity contribution in [3.8, 4) is 0 Å². The number of Topliss-reactive ketones (excluding diaryl/α,β-unsaturated/α-hetero) is 1. The van der Waals surface area contributed by atoms with E-state index in [2.05, 4.69) is 27.2 Å². The number of ketones is 1. The molecule has 2 N–H and O–H groups in total. The molecule has 0 saturated heterocycles. The van der Waals surface area contributed by atoms with Crippen molar-refractivity contribution < 1.29 is 15.0 Å². The summed E-state index contributed by atoms with van der Waals surface area (Å²) >= 11 is 0. The molecule has 0 heterocycles. The van der Waals surface area contributed by atoms with Crippen molar-refractivity contribution in [2.24, 2.45) is 22.7 Å². The molecule has 1 radical (unpaired) electrons. The standard InChI is InChI=1S/C20H31O3/c1-12-6-7-16(21)19(5)15(12)11-20(23)9-8-13(2)14(10-17(19)22)18(20,3)4/h8,12,15-16,21,23H,6-7,9-11H2,1-5H3/t12-,15-,16?,19+,20-/m1/s1. The van der Waals surface area contributed by atoms with E-state index in [9.17, 15) is 15.0 Å². The average molecular weight is 319 g/mol. The van der Waals surface area contributed by atoms with Crippen molar-refractivity contribution in [2.75, 3.05) is 0 Å². The van der Waals surface area contributed by atoms with Gasteiger partial charge in [-0.2, -0.15) is 0 Å². The topological polar surface area (TPSA) is 57.5 Å². The normalized spacial score (nSPS) is 46.9. The summed E-state index contributed by atoms with van der Waals surface area (Å²) in [6.45, 7) is 10.3. The summed E-state index contributed by atoms with van der Waals surface area (Å²) < 4.78 is 0. The van der Waals surface area contributed by atoms with Gasteiger partial charge in [0, 0.05) is 11.8 Å². The second-order valence-electron chi connectivity index (χ2n) is 8.99. The molecule has 3 rings (SSSR count). The fourth-order valence-corrected chi connectivity index (χ4v) is 5.45. The molecule has 3 aliphatic rings. The summed E-state index contributed by atoms with van der Waals surface area (Å²) in [6.07, 6.45) is 4.70. The lowest BCUT2D eigenvalue weighted by molar-refractivity contribution is -0.163. The number of rotatable bonds is 0. The van der Waals surface area contributed by atoms with E-state index in [0.29, 0.717) is 31.6 Å². The van der Waals surface area contributed by atoms with E-state index in [-0.39, 0.29) is 11.7 Å². The molecule has 2 bridgehead atoms. The summed E-state index contributed by atoms with van der Waals surface area (Å²) in [4.78, 5) is 13.2. The van der Waals surface area contributed by atoms with Gasteiger partial charge in [0.05, 0.1) is 17.1 Å². The molecule has 0 aromatic heterocycles. The van der Waals surface area contributed by atoms with Crippen LogP contribution in [0.5, 0.6) is 0 Å². The lowest BCUT2D eigenvalue weighted by Gasteiger charge is -2.57. The predicted octanol–water partition coefficient (Wildman–Crippen LogP) is 3.44. The lowest BCUT2D eigenvalue weighted by Crippen LogP contribution is -2.60. The van der Waals surface area contributed by atoms with Gasteiger partial charge in [0.15, 0.2) is 0 Å². The molecule has 3 aliphatic carbocycles. The van der Waals surface area contributed by atoms with Gasteiger partial charge < -0.3 is 10.2 Å². The van der Waals surface area contributed by atoms with Gasteiger partial charge in [0.25, 0.3) is 0 Å². The van der Waals surface area contributed by atoms with Crippen LogP contribution in [0.1, 0.15) is 66.7 Å². The Labute approximate surface area is 140 Å². The molecule has 23 heavy (non-hydrogen) atoms. The van der Waals surface area contributed by atoms with Crippen molar-refractivity contribution in [1.82, 2.24) is 0 Å². The maximum Gasteiger partial charge on any atom is 0.145 e. The number of hydrogen-bond donors (Lipinski definition) is 2. The summed E-state index contributed by atoms with van der Waals surface area (Å²) in [5.74, 6) is 0.540. The molecule has 0 aromatic carbocycles. The fraction of sp³-hybridized carbons (Fsp3) is 0.800. The number of fused-ring (bicyclic) bond motifs is 3. The minimum absolute atomic E-state index is 0.0383. The van der Waals surface area contributed by atoms with Crippen LogP contribution in [0.2, 0.25) is 0 Å². The van der Waals surface area contributed by atoms with E-state index in [4.69, 9.17) is 0 Å². The maximum absolute atomic E-state index is 13.2. The Morgan fingerprint density at radius 2 is 1.87 bits per heavy atom. The Hall–Kier alpha value is -0.670. The van der Waals surface area contributed by atoms with Gasteiger partial charge >= 0.3 is 0 Å². The summed E-state index contributed by atoms with van der Waals surface area (Å²) in [5, 5.41) is 22.2. The monoisotopic (exact) mass is 319 g/mol. The molecular formula is C20H31O3. The van der Waals surface area contributed by atoms with Crippen LogP contribution in [-0.4, -0.2) is 27.7 Å². The van der Waals surface area contributed by atoms with Crippen LogP contribution < -0.4 is 0 Å². The third kappa shape index (κ3) is 2.19. The van der Waals surface area contributed by atoms with Crippen LogP contribution >= 0.6 is 0 Å². The fourth-order valence-electron chi connectivity index (χ4n) is 5.45. The van der Waals surface area contributed by atoms with Gasteiger partial charge in [0.2, 0.25) is 0 Å². The Morgan fingerprint density at radius 1 is 1.22 bits per heavy atom. The van der Waals surface area contributed by atoms with Gasteiger partial charge in [0.1, 0.15) is 5.78 Å². The van der Waals surface area contributed by atoms with Crippen LogP contribution in [0.3, 0.4) is 0 Å². The second-order valence-corrected chi connectivity index (χ2v) is 8.99. The van der Waals surface area contributed by atoms with E-state index in [1.807, 2.05) is 13.8 Å². The number of hydrogen-bond acceptors (Lipinski definition) is 3. The van der Waals surface area contributed by atoms with Crippen LogP contribution in [0.25, 0.3) is 0 Å². The van der Waals surface area contributed by atoms with Crippen molar-refractivity contribution in [2.45, 2.75) is 78.4 Å². The number of allylic oxidation sites excluding steroid dienone is 1. The van der Waals surface area contributed by atoms with Gasteiger partial charge in [-0.1, -0.05) is 31.9 Å². The number of aliphatic hydroxyl groups is 2. The molecule has 2 fully saturated rings. The number of carbonyl (C=O) groups excluding carboxylic acids is 1. The van der Waals surface area contributed by atoms with E-state index < -0.39 is 22.5 Å². The third-order valence-electron chi connectivity index (χ3n) is 7.68. The summed E-state index contributed by atoms with van der Waals surface area (Å²) in [7, 11) is 0. The first-order valence-corrected chi connectivity index (χ1v) is 9.01. The molecule has 3 heteroatoms. The Balaban J connectivity index is 2.16. The molecule has 3 nitrogen and oxygen atoms in total. The number of carbonyl (C=O) groups is 1. The molecule has 129 valence electrons. The lowest BCUT2D eigenvalue weighted by atomic mass is 9.49. The molecule has 0 aliphatic heterocycles. The van der Waals surface area contributed by atoms with E-state index in [1.165, 1.54) is 0 Å². The van der Waals surface area contributed by atoms with Crippen molar-refractivity contribution in [3.05, 3.63) is 17.6 Å². The summed E-state index contributed by atoms with van der Waals surface area (Å²) in [5.41, 5.74) is 0.227. The third-order valence-corrected chi connectivity index (χ3v) is 7.68. The van der Waals surface area contributed by atoms with E-state index in [0.717, 1.165) is 17.6 Å². The molecule has 2 saturated carbocycles. The highest BCUT2D eigenvalue weighted by atomic mass is 16.3. The minimum atomic E-state index is -0.834. The molecule has 0 amide bonds. The molecular weight excluding hydrogens is 288 g/mol. The maximum atomic E-state index is 13.2. The Morgan fingerprint density at radius 3 is 2.52 bits per heavy atom. The highest BCUT2D eigenvalue weighted by Crippen LogP contribution is 2.59. The first kappa shape index (κ1) is 17.2.